The summed E-state index contributed by atoms with van der Waals surface area (Å²) in [5.41, 5.74) is 5.52. The summed E-state index contributed by atoms with van der Waals surface area (Å²) in [5.74, 6) is 0. The molecule has 0 aromatic heterocycles. The lowest BCUT2D eigenvalue weighted by Crippen LogP contribution is -2.28. The molecule has 2 N–H and O–H groups in total. The molecule has 0 bridgehead atoms. The Balaban J connectivity index is 2.66. The molecule has 1 aromatic rings. The van der Waals surface area contributed by atoms with E-state index in [0.29, 0.717) is 18.1 Å². The number of halogens is 3. The number of hydrogen-bond donors (Lipinski definition) is 1. The van der Waals surface area contributed by atoms with Gasteiger partial charge in [-0.1, -0.05) is 24.4 Å². The fourth-order valence-corrected chi connectivity index (χ4v) is 1.65. The van der Waals surface area contributed by atoms with Gasteiger partial charge in [-0.2, -0.15) is 13.2 Å². The molecular weight excluding hydrogens is 249 g/mol. The lowest BCUT2D eigenvalue weighted by molar-refractivity contribution is -0.137. The maximum absolute atomic E-state index is 12.3. The first-order valence-corrected chi connectivity index (χ1v) is 5.33. The van der Waals surface area contributed by atoms with Crippen LogP contribution in [0.15, 0.2) is 24.3 Å². The van der Waals surface area contributed by atoms with Crippen LogP contribution < -0.4 is 5.73 Å². The van der Waals surface area contributed by atoms with Gasteiger partial charge in [0.1, 0.15) is 0 Å². The first-order valence-electron chi connectivity index (χ1n) is 4.92. The van der Waals surface area contributed by atoms with Gasteiger partial charge in [0.2, 0.25) is 0 Å². The van der Waals surface area contributed by atoms with Crippen LogP contribution in [-0.4, -0.2) is 23.5 Å². The SMILES string of the molecule is CN(CC(N)=S)Cc1ccc(C(F)(F)F)cc1. The van der Waals surface area contributed by atoms with Gasteiger partial charge in [0.15, 0.2) is 0 Å². The number of rotatable bonds is 4. The van der Waals surface area contributed by atoms with Gasteiger partial charge in [-0.15, -0.1) is 0 Å². The Hall–Kier alpha value is -1.14. The summed E-state index contributed by atoms with van der Waals surface area (Å²) in [5, 5.41) is 0. The van der Waals surface area contributed by atoms with Gasteiger partial charge in [-0.3, -0.25) is 4.90 Å². The average Bonchev–Trinajstić information content (AvgIpc) is 2.15. The molecule has 0 aliphatic carbocycles. The molecule has 0 unspecified atom stereocenters. The van der Waals surface area contributed by atoms with Gasteiger partial charge < -0.3 is 5.73 Å². The molecular formula is C11H13F3N2S. The molecule has 0 saturated heterocycles. The van der Waals surface area contributed by atoms with Crippen LogP contribution in [-0.2, 0) is 12.7 Å². The Morgan fingerprint density at radius 3 is 2.24 bits per heavy atom. The fraction of sp³-hybridized carbons (Fsp3) is 0.364. The summed E-state index contributed by atoms with van der Waals surface area (Å²) in [6.07, 6.45) is -4.29. The van der Waals surface area contributed by atoms with Crippen LogP contribution in [0.4, 0.5) is 13.2 Å². The Kier molecular flexibility index (Phi) is 4.47. The Morgan fingerprint density at radius 2 is 1.82 bits per heavy atom. The monoisotopic (exact) mass is 262 g/mol. The van der Waals surface area contributed by atoms with Gasteiger partial charge in [0.25, 0.3) is 0 Å². The van der Waals surface area contributed by atoms with E-state index in [2.05, 4.69) is 0 Å². The third-order valence-corrected chi connectivity index (χ3v) is 2.29. The van der Waals surface area contributed by atoms with E-state index < -0.39 is 11.7 Å². The first kappa shape index (κ1) is 13.9. The molecule has 17 heavy (non-hydrogen) atoms. The van der Waals surface area contributed by atoms with Crippen molar-refractivity contribution in [1.29, 1.82) is 0 Å². The highest BCUT2D eigenvalue weighted by molar-refractivity contribution is 7.80. The molecule has 0 fully saturated rings. The lowest BCUT2D eigenvalue weighted by Gasteiger charge is -2.16. The zero-order valence-electron chi connectivity index (χ0n) is 9.29. The Bertz CT molecular complexity index is 387. The van der Waals surface area contributed by atoms with E-state index in [9.17, 15) is 13.2 Å². The maximum Gasteiger partial charge on any atom is 0.416 e. The van der Waals surface area contributed by atoms with Crippen LogP contribution in [0, 0.1) is 0 Å². The average molecular weight is 262 g/mol. The van der Waals surface area contributed by atoms with Crippen LogP contribution in [0.2, 0.25) is 0 Å². The topological polar surface area (TPSA) is 29.3 Å². The summed E-state index contributed by atoms with van der Waals surface area (Å²) < 4.78 is 36.9. The standard InChI is InChI=1S/C11H13F3N2S/c1-16(7-10(15)17)6-8-2-4-9(5-3-8)11(12,13)14/h2-5H,6-7H2,1H3,(H2,15,17). The molecule has 0 spiro atoms. The number of hydrogen-bond acceptors (Lipinski definition) is 2. The molecule has 0 heterocycles. The Labute approximate surface area is 103 Å². The Morgan fingerprint density at radius 1 is 1.29 bits per heavy atom. The quantitative estimate of drug-likeness (QED) is 0.845. The molecule has 2 nitrogen and oxygen atoms in total. The summed E-state index contributed by atoms with van der Waals surface area (Å²) in [6, 6.07) is 5.06. The van der Waals surface area contributed by atoms with Gasteiger partial charge >= 0.3 is 6.18 Å². The van der Waals surface area contributed by atoms with Crippen LogP contribution in [0.5, 0.6) is 0 Å². The van der Waals surface area contributed by atoms with Crippen molar-refractivity contribution in [3.63, 3.8) is 0 Å². The van der Waals surface area contributed by atoms with Gasteiger partial charge in [-0.05, 0) is 24.7 Å². The highest BCUT2D eigenvalue weighted by atomic mass is 32.1. The van der Waals surface area contributed by atoms with Crippen LogP contribution >= 0.6 is 12.2 Å². The van der Waals surface area contributed by atoms with E-state index >= 15 is 0 Å². The maximum atomic E-state index is 12.3. The van der Waals surface area contributed by atoms with Gasteiger partial charge in [0, 0.05) is 13.1 Å². The predicted molar refractivity (Wildman–Crippen MR) is 64.6 cm³/mol. The third-order valence-electron chi connectivity index (χ3n) is 2.16. The van der Waals surface area contributed by atoms with E-state index in [1.54, 1.807) is 7.05 Å². The zero-order valence-corrected chi connectivity index (χ0v) is 10.1. The van der Waals surface area contributed by atoms with Crippen molar-refractivity contribution < 1.29 is 13.2 Å². The molecule has 6 heteroatoms. The van der Waals surface area contributed by atoms with Crippen LogP contribution in [0.25, 0.3) is 0 Å². The second-order valence-corrected chi connectivity index (χ2v) is 4.36. The minimum atomic E-state index is -4.29. The minimum absolute atomic E-state index is 0.361. The number of thiocarbonyl (C=S) groups is 1. The summed E-state index contributed by atoms with van der Waals surface area (Å²) in [4.78, 5) is 2.20. The zero-order chi connectivity index (χ0) is 13.1. The van der Waals surface area contributed by atoms with Crippen molar-refractivity contribution in [3.05, 3.63) is 35.4 Å². The summed E-state index contributed by atoms with van der Waals surface area (Å²) >= 11 is 4.74. The van der Waals surface area contributed by atoms with Crippen molar-refractivity contribution in [2.45, 2.75) is 12.7 Å². The number of nitrogens with two attached hydrogens (primary N) is 1. The second kappa shape index (κ2) is 5.46. The molecule has 0 aliphatic heterocycles. The minimum Gasteiger partial charge on any atom is -0.392 e. The van der Waals surface area contributed by atoms with E-state index in [-0.39, 0.29) is 0 Å². The third kappa shape index (κ3) is 4.70. The first-order chi connectivity index (χ1) is 7.79. The van der Waals surface area contributed by atoms with Crippen molar-refractivity contribution in [1.82, 2.24) is 4.90 Å². The molecule has 0 aliphatic rings. The molecule has 1 rings (SSSR count). The lowest BCUT2D eigenvalue weighted by atomic mass is 10.1. The smallest absolute Gasteiger partial charge is 0.392 e. The van der Waals surface area contributed by atoms with Crippen molar-refractivity contribution in [2.75, 3.05) is 13.6 Å². The molecule has 0 radical (unpaired) electrons. The number of benzene rings is 1. The molecule has 0 atom stereocenters. The number of likely N-dealkylation sites (N-methyl/N-ethyl adjacent to an activating group) is 1. The van der Waals surface area contributed by atoms with E-state index in [0.717, 1.165) is 17.7 Å². The fourth-order valence-electron chi connectivity index (χ4n) is 1.43. The normalized spacial score (nSPS) is 11.8. The number of alkyl halides is 3. The molecule has 0 saturated carbocycles. The van der Waals surface area contributed by atoms with Crippen molar-refractivity contribution >= 4 is 17.2 Å². The van der Waals surface area contributed by atoms with Gasteiger partial charge in [0.05, 0.1) is 10.6 Å². The summed E-state index contributed by atoms with van der Waals surface area (Å²) in [7, 11) is 1.80. The highest BCUT2D eigenvalue weighted by Gasteiger charge is 2.29. The molecule has 0 amide bonds. The second-order valence-electron chi connectivity index (χ2n) is 3.83. The predicted octanol–water partition coefficient (Wildman–Crippen LogP) is 2.42. The number of nitrogens with zero attached hydrogens (tertiary/aromatic N) is 1. The summed E-state index contributed by atoms with van der Waals surface area (Å²) in [6.45, 7) is 0.950. The molecule has 1 aromatic carbocycles. The highest BCUT2D eigenvalue weighted by Crippen LogP contribution is 2.29. The van der Waals surface area contributed by atoms with Crippen LogP contribution in [0.3, 0.4) is 0 Å². The van der Waals surface area contributed by atoms with E-state index in [1.165, 1.54) is 12.1 Å². The largest absolute Gasteiger partial charge is 0.416 e. The van der Waals surface area contributed by atoms with Crippen molar-refractivity contribution in [3.8, 4) is 0 Å². The van der Waals surface area contributed by atoms with E-state index in [1.807, 2.05) is 4.90 Å². The van der Waals surface area contributed by atoms with Crippen molar-refractivity contribution in [2.24, 2.45) is 5.73 Å². The van der Waals surface area contributed by atoms with Gasteiger partial charge in [-0.25, -0.2) is 0 Å². The van der Waals surface area contributed by atoms with E-state index in [4.69, 9.17) is 18.0 Å². The molecule has 94 valence electrons. The van der Waals surface area contributed by atoms with Crippen LogP contribution in [0.1, 0.15) is 11.1 Å².